The van der Waals surface area contributed by atoms with Crippen molar-refractivity contribution in [1.29, 1.82) is 0 Å². The Kier molecular flexibility index (Phi) is 8.17. The number of nitrogens with zero attached hydrogens (tertiary/aromatic N) is 1. The number of hydrogen-bond donors (Lipinski definition) is 3. The second-order valence-electron chi connectivity index (χ2n) is 10.6. The quantitative estimate of drug-likeness (QED) is 0.151. The van der Waals surface area contributed by atoms with E-state index < -0.39 is 49.3 Å². The number of fused-ring (bicyclic) bond motifs is 2. The number of aliphatic imine (C=N–C) groups is 1. The highest BCUT2D eigenvalue weighted by molar-refractivity contribution is 7.91. The molecule has 0 amide bonds. The molecule has 0 saturated carbocycles. The lowest BCUT2D eigenvalue weighted by Crippen LogP contribution is -2.35. The maximum absolute atomic E-state index is 15.0. The zero-order valence-corrected chi connectivity index (χ0v) is 24.5. The molecule has 0 bridgehead atoms. The van der Waals surface area contributed by atoms with Gasteiger partial charge in [-0.3, -0.25) is 9.79 Å². The van der Waals surface area contributed by atoms with Crippen molar-refractivity contribution in [3.05, 3.63) is 89.0 Å². The number of carboxylic acid groups (broad SMARTS) is 1. The average Bonchev–Trinajstić information content (AvgIpc) is 3.45. The molecule has 0 radical (unpaired) electrons. The van der Waals surface area contributed by atoms with Gasteiger partial charge in [0.25, 0.3) is 0 Å². The molecule has 3 aromatic carbocycles. The van der Waals surface area contributed by atoms with Crippen LogP contribution in [0.5, 0.6) is 17.2 Å². The van der Waals surface area contributed by atoms with E-state index in [1.165, 1.54) is 24.6 Å². The molecule has 1 aliphatic heterocycles. The van der Waals surface area contributed by atoms with E-state index in [4.69, 9.17) is 20.3 Å². The van der Waals surface area contributed by atoms with Crippen LogP contribution in [0.15, 0.2) is 70.3 Å². The van der Waals surface area contributed by atoms with Crippen molar-refractivity contribution in [3.63, 3.8) is 0 Å². The predicted octanol–water partition coefficient (Wildman–Crippen LogP) is 6.08. The minimum Gasteiger partial charge on any atom is -0.493 e. The van der Waals surface area contributed by atoms with Crippen LogP contribution in [0.25, 0.3) is 10.9 Å². The van der Waals surface area contributed by atoms with Crippen molar-refractivity contribution >= 4 is 38.6 Å². The number of aromatic amines is 1. The van der Waals surface area contributed by atoms with Crippen molar-refractivity contribution in [1.82, 2.24) is 4.98 Å². The number of sulfone groups is 1. The van der Waals surface area contributed by atoms with Gasteiger partial charge in [-0.1, -0.05) is 18.2 Å². The number of H-pyrrole nitrogens is 1. The molecule has 230 valence electrons. The van der Waals surface area contributed by atoms with Crippen molar-refractivity contribution in [2.75, 3.05) is 12.9 Å². The molecule has 4 aromatic rings. The maximum atomic E-state index is 15.0. The number of benzene rings is 3. The van der Waals surface area contributed by atoms with Gasteiger partial charge in [-0.15, -0.1) is 0 Å². The van der Waals surface area contributed by atoms with Crippen LogP contribution in [0, 0.1) is 17.5 Å². The fourth-order valence-corrected chi connectivity index (χ4v) is 6.24. The third-order valence-corrected chi connectivity index (χ3v) is 8.72. The Morgan fingerprint density at radius 1 is 1.20 bits per heavy atom. The Bertz CT molecular complexity index is 1950. The number of nitrogens with two attached hydrogens (primary N) is 1. The first kappa shape index (κ1) is 30.7. The Hall–Kier alpha value is -4.78. The third kappa shape index (κ3) is 5.74. The van der Waals surface area contributed by atoms with E-state index in [1.807, 2.05) is 25.1 Å². The number of aliphatic carboxylic acids is 1. The third-order valence-electron chi connectivity index (χ3n) is 7.57. The van der Waals surface area contributed by atoms with Crippen molar-refractivity contribution < 1.29 is 41.0 Å². The molecule has 2 heterocycles. The van der Waals surface area contributed by atoms with E-state index >= 15 is 4.39 Å². The maximum Gasteiger partial charge on any atom is 0.303 e. The Morgan fingerprint density at radius 2 is 1.98 bits per heavy atom. The molecule has 1 aliphatic rings. The zero-order valence-electron chi connectivity index (χ0n) is 23.7. The number of rotatable bonds is 9. The number of para-hydroxylation sites is 1. The Balaban J connectivity index is 1.45. The number of carbonyl (C=O) groups is 1. The van der Waals surface area contributed by atoms with Gasteiger partial charge >= 0.3 is 5.97 Å². The van der Waals surface area contributed by atoms with Gasteiger partial charge in [0.2, 0.25) is 5.82 Å². The Morgan fingerprint density at radius 3 is 2.70 bits per heavy atom. The first-order valence-electron chi connectivity index (χ1n) is 13.4. The smallest absolute Gasteiger partial charge is 0.303 e. The predicted molar refractivity (Wildman–Crippen MR) is 158 cm³/mol. The summed E-state index contributed by atoms with van der Waals surface area (Å²) in [7, 11) is -4.09. The molecule has 0 fully saturated rings. The molecule has 0 unspecified atom stereocenters. The molecular formula is C31H28F3N3O6S. The van der Waals surface area contributed by atoms with Crippen LogP contribution >= 0.6 is 0 Å². The number of aromatic nitrogens is 1. The van der Waals surface area contributed by atoms with Crippen molar-refractivity contribution in [3.8, 4) is 17.2 Å². The standard InChI is InChI=1S/C31H28F3N3O6S/c1-31(12-15-42-28-17(6-9-24(38)39)4-3-5-20(28)31)23(35)11-14-36-22-16-18(7-8-21(22)32)43-29-26(34)25(33)27-19(10-13-37-27)30(29)44(2,40)41/h3-5,7-8,10-11,13-14,16,37H,6,9,12,15,35H2,1-2H3,(H,38,39)/b23-11-,36-14?/t31-/m1/s1. The monoisotopic (exact) mass is 627 g/mol. The van der Waals surface area contributed by atoms with Gasteiger partial charge in [0.15, 0.2) is 21.4 Å². The molecule has 0 spiro atoms. The van der Waals surface area contributed by atoms with Crippen LogP contribution in [0.2, 0.25) is 0 Å². The van der Waals surface area contributed by atoms with Crippen LogP contribution in [0.1, 0.15) is 30.9 Å². The minimum atomic E-state index is -4.09. The highest BCUT2D eigenvalue weighted by Gasteiger charge is 2.36. The highest BCUT2D eigenvalue weighted by Crippen LogP contribution is 2.44. The van der Waals surface area contributed by atoms with Crippen LogP contribution in [-0.4, -0.2) is 43.6 Å². The number of carboxylic acids is 1. The summed E-state index contributed by atoms with van der Waals surface area (Å²) in [5.41, 5.74) is 7.17. The summed E-state index contributed by atoms with van der Waals surface area (Å²) in [5, 5.41) is 8.99. The van der Waals surface area contributed by atoms with Crippen molar-refractivity contribution in [2.45, 2.75) is 36.5 Å². The molecule has 9 nitrogen and oxygen atoms in total. The minimum absolute atomic E-state index is 0.0548. The normalized spacial score (nSPS) is 17.1. The van der Waals surface area contributed by atoms with E-state index in [0.717, 1.165) is 35.6 Å². The molecule has 1 aromatic heterocycles. The topological polar surface area (TPSA) is 144 Å². The lowest BCUT2D eigenvalue weighted by molar-refractivity contribution is -0.136. The molecule has 1 atom stereocenters. The summed E-state index contributed by atoms with van der Waals surface area (Å²) in [6.07, 6.45) is 5.65. The van der Waals surface area contributed by atoms with Gasteiger partial charge in [-0.2, -0.15) is 4.39 Å². The second kappa shape index (κ2) is 11.7. The van der Waals surface area contributed by atoms with Crippen LogP contribution in [-0.2, 0) is 26.5 Å². The average molecular weight is 628 g/mol. The fraction of sp³-hybridized carbons (Fsp3) is 0.226. The van der Waals surface area contributed by atoms with Gasteiger partial charge in [0, 0.05) is 53.2 Å². The molecule has 13 heteroatoms. The number of nitrogens with one attached hydrogen (secondary N) is 1. The summed E-state index contributed by atoms with van der Waals surface area (Å²) in [4.78, 5) is 17.1. The van der Waals surface area contributed by atoms with Gasteiger partial charge < -0.3 is 25.3 Å². The summed E-state index contributed by atoms with van der Waals surface area (Å²) in [6.45, 7) is 2.26. The van der Waals surface area contributed by atoms with Crippen LogP contribution in [0.3, 0.4) is 0 Å². The number of hydrogen-bond acceptors (Lipinski definition) is 7. The SMILES string of the molecule is C[C@@]1(/C(N)=C/C=Nc2cc(Oc3c(F)c(F)c4[nH]ccc4c3S(C)(=O)=O)ccc2F)CCOc2c(CCC(=O)O)cccc21. The number of ether oxygens (including phenoxy) is 2. The summed E-state index contributed by atoms with van der Waals surface area (Å²) in [5.74, 6) is -5.01. The lowest BCUT2D eigenvalue weighted by Gasteiger charge is -2.37. The highest BCUT2D eigenvalue weighted by atomic mass is 32.2. The van der Waals surface area contributed by atoms with Gasteiger partial charge in [-0.05, 0) is 49.6 Å². The van der Waals surface area contributed by atoms with Crippen molar-refractivity contribution in [2.24, 2.45) is 10.7 Å². The second-order valence-corrected chi connectivity index (χ2v) is 12.5. The zero-order chi connectivity index (χ0) is 31.8. The van der Waals surface area contributed by atoms with E-state index in [9.17, 15) is 22.0 Å². The molecule has 0 aliphatic carbocycles. The van der Waals surface area contributed by atoms with E-state index in [2.05, 4.69) is 9.98 Å². The van der Waals surface area contributed by atoms with Gasteiger partial charge in [0.1, 0.15) is 27.9 Å². The van der Waals surface area contributed by atoms with E-state index in [-0.39, 0.29) is 28.8 Å². The summed E-state index contributed by atoms with van der Waals surface area (Å²) >= 11 is 0. The lowest BCUT2D eigenvalue weighted by atomic mass is 9.74. The summed E-state index contributed by atoms with van der Waals surface area (Å²) in [6, 6.07) is 9.99. The first-order valence-corrected chi connectivity index (χ1v) is 15.3. The largest absolute Gasteiger partial charge is 0.493 e. The number of allylic oxidation sites excluding steroid dienone is 2. The molecular weight excluding hydrogens is 599 g/mol. The van der Waals surface area contributed by atoms with Crippen LogP contribution in [0.4, 0.5) is 18.9 Å². The molecule has 5 rings (SSSR count). The molecule has 44 heavy (non-hydrogen) atoms. The molecule has 0 saturated heterocycles. The summed E-state index contributed by atoms with van der Waals surface area (Å²) < 4.78 is 80.9. The number of aryl methyl sites for hydroxylation is 1. The van der Waals surface area contributed by atoms with Gasteiger partial charge in [0.05, 0.1) is 12.1 Å². The fourth-order valence-electron chi connectivity index (χ4n) is 5.21. The van der Waals surface area contributed by atoms with Gasteiger partial charge in [-0.25, -0.2) is 17.2 Å². The van der Waals surface area contributed by atoms with Crippen LogP contribution < -0.4 is 15.2 Å². The van der Waals surface area contributed by atoms with E-state index in [0.29, 0.717) is 30.9 Å². The Labute approximate surface area is 250 Å². The first-order chi connectivity index (χ1) is 20.8. The molecule has 4 N–H and O–H groups in total. The van der Waals surface area contributed by atoms with E-state index in [1.54, 1.807) is 0 Å². The number of halogens is 3.